The molecule has 16 heteroatoms. The zero-order chi connectivity index (χ0) is 39.2. The Balaban J connectivity index is 0.970. The van der Waals surface area contributed by atoms with Crippen LogP contribution >= 0.6 is 0 Å². The van der Waals surface area contributed by atoms with Gasteiger partial charge in [-0.2, -0.15) is 0 Å². The van der Waals surface area contributed by atoms with E-state index < -0.39 is 29.7 Å². The van der Waals surface area contributed by atoms with Gasteiger partial charge >= 0.3 is 0 Å². The van der Waals surface area contributed by atoms with Gasteiger partial charge in [-0.25, -0.2) is 4.98 Å². The van der Waals surface area contributed by atoms with Crippen molar-refractivity contribution < 1.29 is 38.1 Å². The molecule has 0 bridgehead atoms. The second kappa shape index (κ2) is 17.1. The average molecular weight is 756 g/mol. The summed E-state index contributed by atoms with van der Waals surface area (Å²) in [5.41, 5.74) is 3.28. The van der Waals surface area contributed by atoms with Gasteiger partial charge in [0.2, 0.25) is 11.8 Å². The van der Waals surface area contributed by atoms with Gasteiger partial charge in [-0.1, -0.05) is 6.07 Å². The molecule has 1 fully saturated rings. The van der Waals surface area contributed by atoms with Crippen LogP contribution in [0.2, 0.25) is 0 Å². The average Bonchev–Trinajstić information content (AvgIpc) is 3.42. The molecule has 0 spiro atoms. The van der Waals surface area contributed by atoms with Crippen molar-refractivity contribution in [2.75, 3.05) is 78.5 Å². The van der Waals surface area contributed by atoms with E-state index in [-0.39, 0.29) is 29.5 Å². The molecule has 3 N–H and O–H groups in total. The van der Waals surface area contributed by atoms with Gasteiger partial charge in [0.05, 0.1) is 62.7 Å². The number of rotatable bonds is 17. The summed E-state index contributed by atoms with van der Waals surface area (Å²) in [4.78, 5) is 71.0. The summed E-state index contributed by atoms with van der Waals surface area (Å²) in [7, 11) is 8.92. The lowest BCUT2D eigenvalue weighted by molar-refractivity contribution is -0.136. The number of nitrogens with zero attached hydrogens (tertiary/aromatic N) is 4. The molecular weight excluding hydrogens is 710 g/mol. The number of fused-ring (bicyclic) bond motifs is 2. The van der Waals surface area contributed by atoms with Crippen LogP contribution < -0.4 is 31.0 Å². The number of amides is 4. The number of methoxy groups -OCH3 is 2. The first-order chi connectivity index (χ1) is 26.5. The number of carbonyl (C=O) groups is 4. The molecule has 1 saturated heterocycles. The highest BCUT2D eigenvalue weighted by atomic mass is 16.5. The Morgan fingerprint density at radius 3 is 2.22 bits per heavy atom. The Morgan fingerprint density at radius 1 is 0.873 bits per heavy atom. The fourth-order valence-corrected chi connectivity index (χ4v) is 6.79. The molecule has 4 aromatic rings. The van der Waals surface area contributed by atoms with Gasteiger partial charge in [-0.3, -0.25) is 34.2 Å². The van der Waals surface area contributed by atoms with Crippen molar-refractivity contribution in [3.8, 4) is 22.6 Å². The number of benzene rings is 2. The van der Waals surface area contributed by atoms with Crippen molar-refractivity contribution in [1.82, 2.24) is 24.7 Å². The lowest BCUT2D eigenvalue weighted by Crippen LogP contribution is -2.54. The molecule has 16 nitrogen and oxygen atoms in total. The molecular formula is C39H45N7O9. The fraction of sp³-hybridized carbons (Fsp3) is 0.385. The Labute approximate surface area is 317 Å². The predicted molar refractivity (Wildman–Crippen MR) is 205 cm³/mol. The van der Waals surface area contributed by atoms with E-state index >= 15 is 0 Å². The van der Waals surface area contributed by atoms with Gasteiger partial charge in [0.25, 0.3) is 17.4 Å². The summed E-state index contributed by atoms with van der Waals surface area (Å²) in [5, 5.41) is 9.78. The highest BCUT2D eigenvalue weighted by Gasteiger charge is 2.45. The zero-order valence-corrected chi connectivity index (χ0v) is 31.5. The first kappa shape index (κ1) is 38.9. The zero-order valence-electron chi connectivity index (χ0n) is 31.5. The van der Waals surface area contributed by atoms with Crippen molar-refractivity contribution in [2.24, 2.45) is 7.05 Å². The molecule has 4 heterocycles. The number of hydrogen-bond acceptors (Lipinski definition) is 13. The maximum atomic E-state index is 13.3. The molecule has 0 radical (unpaired) electrons. The third-order valence-corrected chi connectivity index (χ3v) is 9.42. The van der Waals surface area contributed by atoms with E-state index in [1.807, 2.05) is 31.1 Å². The maximum absolute atomic E-state index is 13.3. The quantitative estimate of drug-likeness (QED) is 0.106. The van der Waals surface area contributed by atoms with Gasteiger partial charge < -0.3 is 39.0 Å². The molecule has 6 rings (SSSR count). The van der Waals surface area contributed by atoms with Crippen molar-refractivity contribution in [1.29, 1.82) is 0 Å². The summed E-state index contributed by atoms with van der Waals surface area (Å²) < 4.78 is 24.4. The van der Waals surface area contributed by atoms with Crippen LogP contribution in [0.5, 0.6) is 11.5 Å². The van der Waals surface area contributed by atoms with E-state index in [1.165, 1.54) is 0 Å². The van der Waals surface area contributed by atoms with Crippen LogP contribution in [0, 0.1) is 0 Å². The standard InChI is InChI=1S/C39H45N7O9/c1-44(2)21-28-31(52-4)17-23(18-32(28)53-5)27-22-45(3)37(49)25-19-33(42-20-26(25)27)41-12-14-55-16-15-54-13-11-40-29-8-6-7-24-35(29)39(51)46(38(24)50)30-9-10-34(47)43-36(30)48/h6-8,17-20,22,30,40H,9-16,21H2,1-5H3,(H,41,42)(H,43,47,48). The Morgan fingerprint density at radius 2 is 1.56 bits per heavy atom. The summed E-state index contributed by atoms with van der Waals surface area (Å²) in [6, 6.07) is 9.51. The number of hydrogen-bond donors (Lipinski definition) is 3. The number of nitrogens with one attached hydrogen (secondary N) is 3. The second-order valence-electron chi connectivity index (χ2n) is 13.4. The number of aromatic nitrogens is 2. The van der Waals surface area contributed by atoms with Crippen molar-refractivity contribution in [3.63, 3.8) is 0 Å². The number of aryl methyl sites for hydroxylation is 1. The van der Waals surface area contributed by atoms with Gasteiger partial charge in [0, 0.05) is 62.1 Å². The molecule has 290 valence electrons. The lowest BCUT2D eigenvalue weighted by Gasteiger charge is -2.27. The molecule has 0 aliphatic carbocycles. The topological polar surface area (TPSA) is 183 Å². The molecule has 2 aromatic heterocycles. The first-order valence-corrected chi connectivity index (χ1v) is 17.9. The first-order valence-electron chi connectivity index (χ1n) is 17.9. The lowest BCUT2D eigenvalue weighted by atomic mass is 9.99. The minimum absolute atomic E-state index is 0.0547. The van der Waals surface area contributed by atoms with Gasteiger partial charge in [-0.05, 0) is 56.4 Å². The van der Waals surface area contributed by atoms with Crippen LogP contribution in [0.25, 0.3) is 21.9 Å². The third-order valence-electron chi connectivity index (χ3n) is 9.42. The molecule has 55 heavy (non-hydrogen) atoms. The highest BCUT2D eigenvalue weighted by Crippen LogP contribution is 2.38. The molecule has 0 saturated carbocycles. The van der Waals surface area contributed by atoms with Crippen LogP contribution in [0.1, 0.15) is 39.1 Å². The third kappa shape index (κ3) is 8.30. The maximum Gasteiger partial charge on any atom is 0.264 e. The smallest absolute Gasteiger partial charge is 0.264 e. The van der Waals surface area contributed by atoms with E-state index in [9.17, 15) is 24.0 Å². The van der Waals surface area contributed by atoms with E-state index in [2.05, 4.69) is 20.9 Å². The van der Waals surface area contributed by atoms with Gasteiger partial charge in [0.15, 0.2) is 0 Å². The largest absolute Gasteiger partial charge is 0.496 e. The number of carbonyl (C=O) groups excluding carboxylic acids is 4. The van der Waals surface area contributed by atoms with Crippen LogP contribution in [-0.4, -0.2) is 117 Å². The summed E-state index contributed by atoms with van der Waals surface area (Å²) >= 11 is 0. The number of pyridine rings is 2. The highest BCUT2D eigenvalue weighted by molar-refractivity contribution is 6.25. The van der Waals surface area contributed by atoms with Crippen LogP contribution in [0.15, 0.2) is 53.6 Å². The Hall–Kier alpha value is -5.84. The molecule has 2 aromatic carbocycles. The summed E-state index contributed by atoms with van der Waals surface area (Å²) in [5.74, 6) is -0.298. The minimum Gasteiger partial charge on any atom is -0.496 e. The van der Waals surface area contributed by atoms with Crippen LogP contribution in [0.4, 0.5) is 11.5 Å². The van der Waals surface area contributed by atoms with E-state index in [0.717, 1.165) is 21.6 Å². The van der Waals surface area contributed by atoms with Gasteiger partial charge in [-0.15, -0.1) is 0 Å². The number of anilines is 2. The summed E-state index contributed by atoms with van der Waals surface area (Å²) in [6.07, 6.45) is 3.63. The second-order valence-corrected chi connectivity index (χ2v) is 13.4. The van der Waals surface area contributed by atoms with E-state index in [0.29, 0.717) is 79.8 Å². The SMILES string of the molecule is COc1cc(-c2cn(C)c(=O)c3cc(NCCOCCOCCNc4cccc5c4C(=O)N(C4CCC(=O)NC4=O)C5=O)ncc23)cc(OC)c1CN(C)C. The van der Waals surface area contributed by atoms with Crippen LogP contribution in [-0.2, 0) is 32.7 Å². The van der Waals surface area contributed by atoms with Crippen molar-refractivity contribution in [2.45, 2.75) is 25.4 Å². The Bertz CT molecular complexity index is 2160. The number of imide groups is 2. The number of ether oxygens (including phenoxy) is 4. The normalized spacial score (nSPS) is 15.5. The Kier molecular flexibility index (Phi) is 12.1. The number of piperidine rings is 1. The molecule has 4 amide bonds. The fourth-order valence-electron chi connectivity index (χ4n) is 6.79. The molecule has 1 unspecified atom stereocenters. The molecule has 2 aliphatic rings. The molecule has 2 aliphatic heterocycles. The summed E-state index contributed by atoms with van der Waals surface area (Å²) in [6.45, 7) is 2.78. The molecule has 1 atom stereocenters. The van der Waals surface area contributed by atoms with E-state index in [1.54, 1.807) is 62.5 Å². The predicted octanol–water partition coefficient (Wildman–Crippen LogP) is 2.64. The van der Waals surface area contributed by atoms with Gasteiger partial charge in [0.1, 0.15) is 23.4 Å². The monoisotopic (exact) mass is 755 g/mol. The van der Waals surface area contributed by atoms with Crippen molar-refractivity contribution >= 4 is 45.9 Å². The van der Waals surface area contributed by atoms with E-state index in [4.69, 9.17) is 18.9 Å². The van der Waals surface area contributed by atoms with Crippen LogP contribution in [0.3, 0.4) is 0 Å². The minimum atomic E-state index is -1.03. The van der Waals surface area contributed by atoms with Crippen molar-refractivity contribution in [3.05, 3.63) is 75.8 Å².